The summed E-state index contributed by atoms with van der Waals surface area (Å²) in [6, 6.07) is 21.1. The van der Waals surface area contributed by atoms with Gasteiger partial charge in [0.2, 0.25) is 5.91 Å². The molecule has 0 N–H and O–H groups in total. The van der Waals surface area contributed by atoms with Gasteiger partial charge in [0.15, 0.2) is 0 Å². The first-order chi connectivity index (χ1) is 11.7. The first-order valence-corrected chi connectivity index (χ1v) is 8.82. The Labute approximate surface area is 144 Å². The second-order valence-corrected chi connectivity index (χ2v) is 6.62. The summed E-state index contributed by atoms with van der Waals surface area (Å²) < 4.78 is 0. The highest BCUT2D eigenvalue weighted by Crippen LogP contribution is 2.13. The maximum Gasteiger partial charge on any atom is 0.227 e. The maximum absolute atomic E-state index is 12.5. The van der Waals surface area contributed by atoms with Crippen LogP contribution in [-0.4, -0.2) is 47.9 Å². The molecule has 3 heteroatoms. The molecule has 1 aliphatic rings. The molecule has 1 amide bonds. The molecule has 1 saturated heterocycles. The molecule has 0 spiro atoms. The zero-order valence-electron chi connectivity index (χ0n) is 14.4. The Morgan fingerprint density at radius 2 is 1.58 bits per heavy atom. The first kappa shape index (κ1) is 16.7. The van der Waals surface area contributed by atoms with Crippen LogP contribution in [0, 0.1) is 0 Å². The molecule has 3 nitrogen and oxygen atoms in total. The predicted octanol–water partition coefficient (Wildman–Crippen LogP) is 3.00. The van der Waals surface area contributed by atoms with Crippen molar-refractivity contribution in [3.63, 3.8) is 0 Å². The minimum atomic E-state index is 0.246. The number of carbonyl (C=O) groups is 1. The molecule has 0 aromatic heterocycles. The molecule has 1 fully saturated rings. The van der Waals surface area contributed by atoms with E-state index in [1.165, 1.54) is 5.56 Å². The average molecular weight is 322 g/mol. The molecule has 0 radical (unpaired) electrons. The van der Waals surface area contributed by atoms with E-state index < -0.39 is 0 Å². The van der Waals surface area contributed by atoms with Crippen molar-refractivity contribution in [2.24, 2.45) is 0 Å². The number of nitrogens with zero attached hydrogens (tertiary/aromatic N) is 2. The van der Waals surface area contributed by atoms with Gasteiger partial charge in [0.1, 0.15) is 0 Å². The minimum Gasteiger partial charge on any atom is -0.340 e. The Bertz CT molecular complexity index is 641. The molecule has 1 unspecified atom stereocenters. The van der Waals surface area contributed by atoms with Gasteiger partial charge >= 0.3 is 0 Å². The third kappa shape index (κ3) is 4.45. The van der Waals surface area contributed by atoms with Crippen molar-refractivity contribution in [1.29, 1.82) is 0 Å². The number of hydrogen-bond donors (Lipinski definition) is 0. The second-order valence-electron chi connectivity index (χ2n) is 6.62. The van der Waals surface area contributed by atoms with Crippen molar-refractivity contribution in [3.05, 3.63) is 71.8 Å². The van der Waals surface area contributed by atoms with E-state index in [0.29, 0.717) is 12.5 Å². The number of benzene rings is 2. The third-order valence-corrected chi connectivity index (χ3v) is 4.85. The number of piperazine rings is 1. The molecule has 3 rings (SSSR count). The molecule has 2 aromatic carbocycles. The van der Waals surface area contributed by atoms with Crippen molar-refractivity contribution >= 4 is 5.91 Å². The van der Waals surface area contributed by atoms with Crippen molar-refractivity contribution in [1.82, 2.24) is 9.80 Å². The van der Waals surface area contributed by atoms with E-state index >= 15 is 0 Å². The Morgan fingerprint density at radius 1 is 0.958 bits per heavy atom. The fraction of sp³-hybridized carbons (Fsp3) is 0.381. The number of amides is 1. The molecule has 2 aromatic rings. The molecular formula is C21H26N2O. The van der Waals surface area contributed by atoms with Crippen LogP contribution in [0.4, 0.5) is 0 Å². The lowest BCUT2D eigenvalue weighted by atomic mass is 10.1. The molecule has 0 saturated carbocycles. The zero-order valence-corrected chi connectivity index (χ0v) is 14.4. The Kier molecular flexibility index (Phi) is 5.65. The van der Waals surface area contributed by atoms with Crippen LogP contribution in [0.1, 0.15) is 18.1 Å². The van der Waals surface area contributed by atoms with Gasteiger partial charge in [-0.05, 0) is 24.5 Å². The molecular weight excluding hydrogens is 296 g/mol. The van der Waals surface area contributed by atoms with E-state index in [1.807, 2.05) is 35.2 Å². The summed E-state index contributed by atoms with van der Waals surface area (Å²) in [6.07, 6.45) is 1.58. The lowest BCUT2D eigenvalue weighted by molar-refractivity contribution is -0.133. The van der Waals surface area contributed by atoms with Crippen LogP contribution >= 0.6 is 0 Å². The molecule has 126 valence electrons. The highest BCUT2D eigenvalue weighted by molar-refractivity contribution is 5.78. The Morgan fingerprint density at radius 3 is 2.21 bits per heavy atom. The van der Waals surface area contributed by atoms with E-state index in [-0.39, 0.29) is 5.91 Å². The summed E-state index contributed by atoms with van der Waals surface area (Å²) in [4.78, 5) is 17.0. The van der Waals surface area contributed by atoms with E-state index in [1.54, 1.807) is 0 Å². The van der Waals surface area contributed by atoms with Gasteiger partial charge < -0.3 is 4.90 Å². The number of carbonyl (C=O) groups excluding carboxylic acids is 1. The van der Waals surface area contributed by atoms with Gasteiger partial charge in [-0.25, -0.2) is 0 Å². The molecule has 1 aliphatic heterocycles. The quantitative estimate of drug-likeness (QED) is 0.845. The van der Waals surface area contributed by atoms with E-state index in [4.69, 9.17) is 0 Å². The van der Waals surface area contributed by atoms with E-state index in [0.717, 1.165) is 38.2 Å². The van der Waals surface area contributed by atoms with Crippen LogP contribution in [-0.2, 0) is 17.6 Å². The summed E-state index contributed by atoms with van der Waals surface area (Å²) in [5.74, 6) is 0.246. The van der Waals surface area contributed by atoms with Gasteiger partial charge in [0.05, 0.1) is 6.42 Å². The topological polar surface area (TPSA) is 23.6 Å². The molecule has 0 bridgehead atoms. The summed E-state index contributed by atoms with van der Waals surface area (Å²) in [5.41, 5.74) is 2.48. The average Bonchev–Trinajstić information content (AvgIpc) is 2.62. The number of rotatable bonds is 5. The smallest absolute Gasteiger partial charge is 0.227 e. The maximum atomic E-state index is 12.5. The molecule has 0 aliphatic carbocycles. The van der Waals surface area contributed by atoms with Crippen molar-refractivity contribution in [2.45, 2.75) is 25.8 Å². The molecule has 1 atom stereocenters. The lowest BCUT2D eigenvalue weighted by Crippen LogP contribution is -2.54. The largest absolute Gasteiger partial charge is 0.340 e. The van der Waals surface area contributed by atoms with Crippen LogP contribution < -0.4 is 0 Å². The van der Waals surface area contributed by atoms with Gasteiger partial charge in [-0.1, -0.05) is 60.7 Å². The van der Waals surface area contributed by atoms with Gasteiger partial charge in [-0.3, -0.25) is 9.69 Å². The Hall–Kier alpha value is -2.13. The third-order valence-electron chi connectivity index (χ3n) is 4.85. The first-order valence-electron chi connectivity index (χ1n) is 8.82. The van der Waals surface area contributed by atoms with Crippen LogP contribution in [0.5, 0.6) is 0 Å². The van der Waals surface area contributed by atoms with Gasteiger partial charge in [-0.15, -0.1) is 0 Å². The fourth-order valence-corrected chi connectivity index (χ4v) is 3.35. The standard InChI is InChI=1S/C21H26N2O/c1-18-17-23(21(24)16-20-10-6-3-7-11-20)15-14-22(18)13-12-19-8-4-2-5-9-19/h2-11,18H,12-17H2,1H3. The van der Waals surface area contributed by atoms with Gasteiger partial charge in [0, 0.05) is 32.2 Å². The normalized spacial score (nSPS) is 18.5. The predicted molar refractivity (Wildman–Crippen MR) is 97.9 cm³/mol. The summed E-state index contributed by atoms with van der Waals surface area (Å²) in [5, 5.41) is 0. The SMILES string of the molecule is CC1CN(C(=O)Cc2ccccc2)CCN1CCc1ccccc1. The zero-order chi connectivity index (χ0) is 16.8. The summed E-state index contributed by atoms with van der Waals surface area (Å²) in [7, 11) is 0. The van der Waals surface area contributed by atoms with Gasteiger partial charge in [-0.2, -0.15) is 0 Å². The highest BCUT2D eigenvalue weighted by atomic mass is 16.2. The fourth-order valence-electron chi connectivity index (χ4n) is 3.35. The molecule has 24 heavy (non-hydrogen) atoms. The summed E-state index contributed by atoms with van der Waals surface area (Å²) in [6.45, 7) is 5.93. The van der Waals surface area contributed by atoms with Crippen LogP contribution in [0.25, 0.3) is 0 Å². The van der Waals surface area contributed by atoms with Crippen molar-refractivity contribution in [3.8, 4) is 0 Å². The van der Waals surface area contributed by atoms with Crippen LogP contribution in [0.2, 0.25) is 0 Å². The van der Waals surface area contributed by atoms with Crippen LogP contribution in [0.3, 0.4) is 0 Å². The summed E-state index contributed by atoms with van der Waals surface area (Å²) >= 11 is 0. The van der Waals surface area contributed by atoms with Crippen molar-refractivity contribution < 1.29 is 4.79 Å². The molecule has 1 heterocycles. The van der Waals surface area contributed by atoms with Crippen molar-refractivity contribution in [2.75, 3.05) is 26.2 Å². The van der Waals surface area contributed by atoms with E-state index in [9.17, 15) is 4.79 Å². The monoisotopic (exact) mass is 322 g/mol. The van der Waals surface area contributed by atoms with Crippen LogP contribution in [0.15, 0.2) is 60.7 Å². The second kappa shape index (κ2) is 8.11. The van der Waals surface area contributed by atoms with Gasteiger partial charge in [0.25, 0.3) is 0 Å². The number of hydrogen-bond acceptors (Lipinski definition) is 2. The lowest BCUT2D eigenvalue weighted by Gasteiger charge is -2.40. The van der Waals surface area contributed by atoms with E-state index in [2.05, 4.69) is 42.2 Å². The minimum absolute atomic E-state index is 0.246. The Balaban J connectivity index is 1.48. The highest BCUT2D eigenvalue weighted by Gasteiger charge is 2.26.